The Morgan fingerprint density at radius 1 is 1.53 bits per heavy atom. The molecule has 0 heterocycles. The van der Waals surface area contributed by atoms with Gasteiger partial charge in [0.1, 0.15) is 5.69 Å². The fourth-order valence-corrected chi connectivity index (χ4v) is 1.44. The molecule has 0 radical (unpaired) electrons. The summed E-state index contributed by atoms with van der Waals surface area (Å²) in [5.74, 6) is -0.818. The van der Waals surface area contributed by atoms with E-state index in [1.165, 1.54) is 12.1 Å². The molecule has 0 fully saturated rings. The number of thioether (sulfide) groups is 1. The van der Waals surface area contributed by atoms with E-state index in [0.29, 0.717) is 6.54 Å². The van der Waals surface area contributed by atoms with Crippen LogP contribution in [-0.2, 0) is 0 Å². The van der Waals surface area contributed by atoms with Crippen LogP contribution >= 0.6 is 11.8 Å². The Morgan fingerprint density at radius 2 is 2.18 bits per heavy atom. The summed E-state index contributed by atoms with van der Waals surface area (Å²) in [6.07, 6.45) is 1.96. The maximum Gasteiger partial charge on any atom is 0.327 e. The van der Waals surface area contributed by atoms with Crippen molar-refractivity contribution in [1.82, 2.24) is 0 Å². The third-order valence-electron chi connectivity index (χ3n) is 2.43. The standard InChI is InChI=1S/C11H15FN2O2S/c1-11(2,17-3)7-13-9-6-4-5-8(12)10(9)14(15)16/h4-6,13H,7H2,1-3H3. The number of nitrogens with one attached hydrogen (secondary N) is 1. The molecule has 0 unspecified atom stereocenters. The average molecular weight is 258 g/mol. The zero-order chi connectivity index (χ0) is 13.1. The highest BCUT2D eigenvalue weighted by Gasteiger charge is 2.22. The number of nitro groups is 1. The predicted octanol–water partition coefficient (Wildman–Crippen LogP) is 3.29. The summed E-state index contributed by atoms with van der Waals surface area (Å²) in [6.45, 7) is 4.55. The first-order chi connectivity index (χ1) is 7.87. The van der Waals surface area contributed by atoms with Crippen molar-refractivity contribution < 1.29 is 9.31 Å². The van der Waals surface area contributed by atoms with Gasteiger partial charge in [-0.3, -0.25) is 10.1 Å². The maximum absolute atomic E-state index is 13.3. The van der Waals surface area contributed by atoms with Crippen molar-refractivity contribution in [1.29, 1.82) is 0 Å². The highest BCUT2D eigenvalue weighted by molar-refractivity contribution is 7.99. The number of nitrogens with zero attached hydrogens (tertiary/aromatic N) is 1. The zero-order valence-electron chi connectivity index (χ0n) is 9.99. The lowest BCUT2D eigenvalue weighted by Crippen LogP contribution is -2.26. The van der Waals surface area contributed by atoms with Crippen molar-refractivity contribution in [2.75, 3.05) is 18.1 Å². The van der Waals surface area contributed by atoms with Gasteiger partial charge >= 0.3 is 5.69 Å². The number of nitro benzene ring substituents is 1. The lowest BCUT2D eigenvalue weighted by atomic mass is 10.2. The summed E-state index contributed by atoms with van der Waals surface area (Å²) in [5.41, 5.74) is -0.276. The highest BCUT2D eigenvalue weighted by Crippen LogP contribution is 2.29. The summed E-state index contributed by atoms with van der Waals surface area (Å²) >= 11 is 1.64. The molecular formula is C11H15FN2O2S. The van der Waals surface area contributed by atoms with Gasteiger partial charge in [0.2, 0.25) is 5.82 Å². The van der Waals surface area contributed by atoms with E-state index in [2.05, 4.69) is 5.32 Å². The molecule has 94 valence electrons. The fourth-order valence-electron chi connectivity index (χ4n) is 1.22. The van der Waals surface area contributed by atoms with E-state index in [9.17, 15) is 14.5 Å². The van der Waals surface area contributed by atoms with Crippen LogP contribution in [-0.4, -0.2) is 22.5 Å². The van der Waals surface area contributed by atoms with Gasteiger partial charge in [-0.05, 0) is 32.2 Å². The van der Waals surface area contributed by atoms with Gasteiger partial charge in [-0.25, -0.2) is 0 Å². The topological polar surface area (TPSA) is 55.2 Å². The van der Waals surface area contributed by atoms with E-state index in [0.717, 1.165) is 6.07 Å². The minimum Gasteiger partial charge on any atom is -0.378 e. The number of halogens is 1. The average Bonchev–Trinajstić information content (AvgIpc) is 2.26. The number of hydrogen-bond acceptors (Lipinski definition) is 4. The van der Waals surface area contributed by atoms with Crippen LogP contribution in [0.25, 0.3) is 0 Å². The van der Waals surface area contributed by atoms with Crippen LogP contribution in [0.2, 0.25) is 0 Å². The molecule has 0 aliphatic heterocycles. The monoisotopic (exact) mass is 258 g/mol. The van der Waals surface area contributed by atoms with E-state index in [1.54, 1.807) is 11.8 Å². The van der Waals surface area contributed by atoms with E-state index in [4.69, 9.17) is 0 Å². The molecule has 0 saturated carbocycles. The van der Waals surface area contributed by atoms with Gasteiger partial charge in [-0.15, -0.1) is 0 Å². The predicted molar refractivity (Wildman–Crippen MR) is 69.1 cm³/mol. The van der Waals surface area contributed by atoms with Gasteiger partial charge in [0, 0.05) is 11.3 Å². The van der Waals surface area contributed by atoms with Crippen molar-refractivity contribution in [2.45, 2.75) is 18.6 Å². The van der Waals surface area contributed by atoms with Crippen LogP contribution in [0.1, 0.15) is 13.8 Å². The van der Waals surface area contributed by atoms with Crippen LogP contribution in [0.15, 0.2) is 18.2 Å². The van der Waals surface area contributed by atoms with Gasteiger partial charge in [0.15, 0.2) is 0 Å². The van der Waals surface area contributed by atoms with Crippen LogP contribution in [0.4, 0.5) is 15.8 Å². The van der Waals surface area contributed by atoms with Crippen molar-refractivity contribution >= 4 is 23.1 Å². The number of anilines is 1. The van der Waals surface area contributed by atoms with Gasteiger partial charge in [0.05, 0.1) is 4.92 Å². The van der Waals surface area contributed by atoms with Crippen molar-refractivity contribution in [3.63, 3.8) is 0 Å². The second-order valence-corrected chi connectivity index (χ2v) is 5.72. The summed E-state index contributed by atoms with van der Waals surface area (Å²) in [7, 11) is 0. The Labute approximate surface area is 104 Å². The Hall–Kier alpha value is -1.30. The number of para-hydroxylation sites is 1. The molecule has 0 spiro atoms. The van der Waals surface area contributed by atoms with Crippen molar-refractivity contribution in [3.8, 4) is 0 Å². The molecule has 0 amide bonds. The summed E-state index contributed by atoms with van der Waals surface area (Å²) < 4.78 is 13.2. The maximum atomic E-state index is 13.3. The number of hydrogen-bond donors (Lipinski definition) is 1. The second-order valence-electron chi connectivity index (χ2n) is 4.21. The minimum atomic E-state index is -0.818. The molecule has 0 aromatic heterocycles. The second kappa shape index (κ2) is 5.35. The van der Waals surface area contributed by atoms with Crippen molar-refractivity contribution in [2.24, 2.45) is 0 Å². The number of benzene rings is 1. The minimum absolute atomic E-state index is 0.0693. The lowest BCUT2D eigenvalue weighted by molar-refractivity contribution is -0.386. The van der Waals surface area contributed by atoms with Crippen LogP contribution in [0.3, 0.4) is 0 Å². The van der Waals surface area contributed by atoms with Crippen molar-refractivity contribution in [3.05, 3.63) is 34.1 Å². The molecule has 1 rings (SSSR count). The number of rotatable bonds is 5. The zero-order valence-corrected chi connectivity index (χ0v) is 10.8. The van der Waals surface area contributed by atoms with Crippen LogP contribution in [0, 0.1) is 15.9 Å². The molecule has 17 heavy (non-hydrogen) atoms. The Balaban J connectivity index is 2.92. The van der Waals surface area contributed by atoms with E-state index >= 15 is 0 Å². The summed E-state index contributed by atoms with van der Waals surface area (Å²) in [5, 5.41) is 13.7. The first kappa shape index (κ1) is 13.8. The molecule has 4 nitrogen and oxygen atoms in total. The van der Waals surface area contributed by atoms with Gasteiger partial charge in [-0.2, -0.15) is 16.2 Å². The fraction of sp³-hybridized carbons (Fsp3) is 0.455. The van der Waals surface area contributed by atoms with E-state index < -0.39 is 16.4 Å². The third-order valence-corrected chi connectivity index (χ3v) is 3.68. The highest BCUT2D eigenvalue weighted by atomic mass is 32.2. The first-order valence-electron chi connectivity index (χ1n) is 5.09. The van der Waals surface area contributed by atoms with E-state index in [-0.39, 0.29) is 10.4 Å². The molecular weight excluding hydrogens is 243 g/mol. The van der Waals surface area contributed by atoms with Crippen LogP contribution in [0.5, 0.6) is 0 Å². The SMILES string of the molecule is CSC(C)(C)CNc1cccc(F)c1[N+](=O)[O-]. The van der Waals surface area contributed by atoms with E-state index in [1.807, 2.05) is 20.1 Å². The largest absolute Gasteiger partial charge is 0.378 e. The Bertz CT molecular complexity index is 424. The molecule has 6 heteroatoms. The normalized spacial score (nSPS) is 11.3. The molecule has 1 aromatic rings. The van der Waals surface area contributed by atoms with Gasteiger partial charge < -0.3 is 5.32 Å². The lowest BCUT2D eigenvalue weighted by Gasteiger charge is -2.22. The summed E-state index contributed by atoms with van der Waals surface area (Å²) in [4.78, 5) is 10.1. The molecule has 1 N–H and O–H groups in total. The molecule has 0 atom stereocenters. The quantitative estimate of drug-likeness (QED) is 0.650. The van der Waals surface area contributed by atoms with Crippen LogP contribution < -0.4 is 5.32 Å². The Morgan fingerprint density at radius 3 is 2.71 bits per heavy atom. The molecule has 0 bridgehead atoms. The van der Waals surface area contributed by atoms with Gasteiger partial charge in [0.25, 0.3) is 0 Å². The first-order valence-corrected chi connectivity index (χ1v) is 6.32. The molecule has 0 aliphatic rings. The molecule has 0 aliphatic carbocycles. The third kappa shape index (κ3) is 3.59. The Kier molecular flexibility index (Phi) is 4.34. The van der Waals surface area contributed by atoms with Gasteiger partial charge in [-0.1, -0.05) is 6.07 Å². The summed E-state index contributed by atoms with van der Waals surface area (Å²) in [6, 6.07) is 4.05. The smallest absolute Gasteiger partial charge is 0.327 e. The molecule has 0 saturated heterocycles. The molecule has 1 aromatic carbocycles.